The second-order valence-electron chi connectivity index (χ2n) is 4.94. The highest BCUT2D eigenvalue weighted by molar-refractivity contribution is 6.05. The van der Waals surface area contributed by atoms with Crippen molar-refractivity contribution in [3.63, 3.8) is 0 Å². The van der Waals surface area contributed by atoms with Gasteiger partial charge in [0.15, 0.2) is 5.76 Å². The van der Waals surface area contributed by atoms with E-state index in [-0.39, 0.29) is 17.4 Å². The van der Waals surface area contributed by atoms with Gasteiger partial charge in [-0.3, -0.25) is 4.79 Å². The standard InChI is InChI=1S/C16H11N3O3/c20-15(14-7-9-3-1-2-4-13(9)22-14)17-10-5-6-11-12(8-10)19-16(21)18-11/h1-8H,(H,17,20)(H2,18,19,21). The van der Waals surface area contributed by atoms with E-state index >= 15 is 0 Å². The largest absolute Gasteiger partial charge is 0.451 e. The summed E-state index contributed by atoms with van der Waals surface area (Å²) in [6.07, 6.45) is 0. The SMILES string of the molecule is O=C(Nc1ccc2[nH]c(=O)[nH]c2c1)c1cc2ccccc2o1. The highest BCUT2D eigenvalue weighted by Crippen LogP contribution is 2.20. The first-order valence-electron chi connectivity index (χ1n) is 6.71. The molecule has 0 aliphatic heterocycles. The fourth-order valence-corrected chi connectivity index (χ4v) is 2.40. The Morgan fingerprint density at radius 2 is 1.82 bits per heavy atom. The van der Waals surface area contributed by atoms with Crippen molar-refractivity contribution in [3.8, 4) is 0 Å². The van der Waals surface area contributed by atoms with Crippen LogP contribution in [0.15, 0.2) is 57.7 Å². The zero-order valence-electron chi connectivity index (χ0n) is 11.3. The van der Waals surface area contributed by atoms with Gasteiger partial charge in [0.05, 0.1) is 11.0 Å². The predicted octanol–water partition coefficient (Wildman–Crippen LogP) is 2.85. The summed E-state index contributed by atoms with van der Waals surface area (Å²) >= 11 is 0. The Kier molecular flexibility index (Phi) is 2.62. The molecule has 0 spiro atoms. The molecule has 6 heteroatoms. The number of carbonyl (C=O) groups is 1. The van der Waals surface area contributed by atoms with Crippen LogP contribution in [-0.2, 0) is 0 Å². The van der Waals surface area contributed by atoms with Crippen molar-refractivity contribution in [1.29, 1.82) is 0 Å². The molecule has 2 aromatic carbocycles. The van der Waals surface area contributed by atoms with Gasteiger partial charge in [-0.1, -0.05) is 18.2 Å². The molecule has 2 aromatic heterocycles. The number of carbonyl (C=O) groups excluding carboxylic acids is 1. The van der Waals surface area contributed by atoms with Crippen molar-refractivity contribution in [3.05, 3.63) is 64.8 Å². The van der Waals surface area contributed by atoms with Gasteiger partial charge in [-0.15, -0.1) is 0 Å². The summed E-state index contributed by atoms with van der Waals surface area (Å²) in [5.74, 6) is -0.0997. The lowest BCUT2D eigenvalue weighted by molar-refractivity contribution is 0.0998. The number of aromatic amines is 2. The van der Waals surface area contributed by atoms with Gasteiger partial charge in [-0.25, -0.2) is 4.79 Å². The second-order valence-corrected chi connectivity index (χ2v) is 4.94. The minimum Gasteiger partial charge on any atom is -0.451 e. The summed E-state index contributed by atoms with van der Waals surface area (Å²) in [6.45, 7) is 0. The molecular formula is C16H11N3O3. The van der Waals surface area contributed by atoms with Gasteiger partial charge in [0, 0.05) is 11.1 Å². The third-order valence-electron chi connectivity index (χ3n) is 3.42. The summed E-state index contributed by atoms with van der Waals surface area (Å²) in [5, 5.41) is 3.63. The van der Waals surface area contributed by atoms with Gasteiger partial charge in [-0.2, -0.15) is 0 Å². The number of para-hydroxylation sites is 1. The molecule has 0 fully saturated rings. The molecule has 4 rings (SSSR count). The highest BCUT2D eigenvalue weighted by Gasteiger charge is 2.12. The van der Waals surface area contributed by atoms with Crippen molar-refractivity contribution in [2.75, 3.05) is 5.32 Å². The van der Waals surface area contributed by atoms with Crippen molar-refractivity contribution in [2.45, 2.75) is 0 Å². The number of fused-ring (bicyclic) bond motifs is 2. The minimum atomic E-state index is -0.339. The minimum absolute atomic E-state index is 0.240. The second kappa shape index (κ2) is 4.63. The average Bonchev–Trinajstić information content (AvgIpc) is 3.08. The van der Waals surface area contributed by atoms with Crippen LogP contribution in [0.1, 0.15) is 10.6 Å². The van der Waals surface area contributed by atoms with E-state index in [1.807, 2.05) is 24.3 Å². The first kappa shape index (κ1) is 12.5. The van der Waals surface area contributed by atoms with Crippen molar-refractivity contribution in [1.82, 2.24) is 9.97 Å². The van der Waals surface area contributed by atoms with Gasteiger partial charge < -0.3 is 19.7 Å². The number of H-pyrrole nitrogens is 2. The van der Waals surface area contributed by atoms with E-state index in [4.69, 9.17) is 4.42 Å². The van der Waals surface area contributed by atoms with E-state index in [9.17, 15) is 9.59 Å². The zero-order chi connectivity index (χ0) is 15.1. The van der Waals surface area contributed by atoms with Crippen LogP contribution in [0.2, 0.25) is 0 Å². The van der Waals surface area contributed by atoms with Crippen molar-refractivity contribution >= 4 is 33.6 Å². The molecular weight excluding hydrogens is 282 g/mol. The Hall–Kier alpha value is -3.28. The van der Waals surface area contributed by atoms with Crippen LogP contribution in [0.4, 0.5) is 5.69 Å². The van der Waals surface area contributed by atoms with E-state index in [1.165, 1.54) is 0 Å². The first-order valence-corrected chi connectivity index (χ1v) is 6.71. The topological polar surface area (TPSA) is 90.9 Å². The quantitative estimate of drug-likeness (QED) is 0.530. The zero-order valence-corrected chi connectivity index (χ0v) is 11.3. The molecule has 0 aliphatic rings. The van der Waals surface area contributed by atoms with Gasteiger partial charge in [0.1, 0.15) is 5.58 Å². The molecule has 2 heterocycles. The van der Waals surface area contributed by atoms with Crippen LogP contribution in [-0.4, -0.2) is 15.9 Å². The Morgan fingerprint density at radius 1 is 1.00 bits per heavy atom. The molecule has 0 atom stereocenters. The molecule has 0 saturated carbocycles. The van der Waals surface area contributed by atoms with Gasteiger partial charge in [-0.05, 0) is 30.3 Å². The van der Waals surface area contributed by atoms with Crippen LogP contribution < -0.4 is 11.0 Å². The van der Waals surface area contributed by atoms with Crippen LogP contribution >= 0.6 is 0 Å². The average molecular weight is 293 g/mol. The van der Waals surface area contributed by atoms with Crippen LogP contribution in [0.25, 0.3) is 22.0 Å². The summed E-state index contributed by atoms with van der Waals surface area (Å²) < 4.78 is 5.52. The number of anilines is 1. The molecule has 0 aliphatic carbocycles. The number of aromatic nitrogens is 2. The summed E-state index contributed by atoms with van der Waals surface area (Å²) in [5.41, 5.74) is 2.28. The van der Waals surface area contributed by atoms with E-state index in [1.54, 1.807) is 24.3 Å². The number of nitrogens with one attached hydrogen (secondary N) is 3. The molecule has 22 heavy (non-hydrogen) atoms. The highest BCUT2D eigenvalue weighted by atomic mass is 16.3. The summed E-state index contributed by atoms with van der Waals surface area (Å²) in [6, 6.07) is 14.2. The molecule has 1 amide bonds. The molecule has 0 unspecified atom stereocenters. The maximum Gasteiger partial charge on any atom is 0.323 e. The summed E-state index contributed by atoms with van der Waals surface area (Å²) in [4.78, 5) is 28.8. The van der Waals surface area contributed by atoms with E-state index in [0.29, 0.717) is 22.3 Å². The maximum absolute atomic E-state index is 12.2. The number of hydrogen-bond acceptors (Lipinski definition) is 3. The number of imidazole rings is 1. The first-order chi connectivity index (χ1) is 10.7. The van der Waals surface area contributed by atoms with Crippen LogP contribution in [0.3, 0.4) is 0 Å². The van der Waals surface area contributed by atoms with Crippen molar-refractivity contribution < 1.29 is 9.21 Å². The van der Waals surface area contributed by atoms with E-state index in [2.05, 4.69) is 15.3 Å². The maximum atomic E-state index is 12.2. The normalized spacial score (nSPS) is 11.1. The third-order valence-corrected chi connectivity index (χ3v) is 3.42. The molecule has 108 valence electrons. The Balaban J connectivity index is 1.65. The fraction of sp³-hybridized carbons (Fsp3) is 0. The molecule has 0 bridgehead atoms. The lowest BCUT2D eigenvalue weighted by Gasteiger charge is -2.02. The predicted molar refractivity (Wildman–Crippen MR) is 83.1 cm³/mol. The number of benzene rings is 2. The molecule has 3 N–H and O–H groups in total. The molecule has 6 nitrogen and oxygen atoms in total. The van der Waals surface area contributed by atoms with E-state index < -0.39 is 0 Å². The Labute approximate surface area is 123 Å². The number of rotatable bonds is 2. The summed E-state index contributed by atoms with van der Waals surface area (Å²) in [7, 11) is 0. The number of hydrogen-bond donors (Lipinski definition) is 3. The smallest absolute Gasteiger partial charge is 0.323 e. The monoisotopic (exact) mass is 293 g/mol. The van der Waals surface area contributed by atoms with Gasteiger partial charge in [0.2, 0.25) is 0 Å². The lowest BCUT2D eigenvalue weighted by Crippen LogP contribution is -2.10. The Bertz CT molecular complexity index is 1020. The van der Waals surface area contributed by atoms with E-state index in [0.717, 1.165) is 5.39 Å². The number of amides is 1. The van der Waals surface area contributed by atoms with Crippen molar-refractivity contribution in [2.24, 2.45) is 0 Å². The third kappa shape index (κ3) is 2.07. The van der Waals surface area contributed by atoms with Gasteiger partial charge >= 0.3 is 5.69 Å². The molecule has 0 saturated heterocycles. The van der Waals surface area contributed by atoms with Gasteiger partial charge in [0.25, 0.3) is 5.91 Å². The molecule has 0 radical (unpaired) electrons. The lowest BCUT2D eigenvalue weighted by atomic mass is 10.2. The number of furan rings is 1. The Morgan fingerprint density at radius 3 is 2.68 bits per heavy atom. The van der Waals surface area contributed by atoms with Crippen LogP contribution in [0.5, 0.6) is 0 Å². The molecule has 4 aromatic rings. The van der Waals surface area contributed by atoms with Crippen LogP contribution in [0, 0.1) is 0 Å². The fourth-order valence-electron chi connectivity index (χ4n) is 2.40.